The van der Waals surface area contributed by atoms with E-state index in [1.165, 1.54) is 0 Å². The summed E-state index contributed by atoms with van der Waals surface area (Å²) in [6.45, 7) is 0. The molecule has 2 aromatic heterocycles. The minimum Gasteiger partial charge on any atom is -0.324 e. The van der Waals surface area contributed by atoms with Gasteiger partial charge in [0.1, 0.15) is 0 Å². The van der Waals surface area contributed by atoms with Gasteiger partial charge in [0.05, 0.1) is 5.02 Å². The quantitative estimate of drug-likeness (QED) is 0.886. The van der Waals surface area contributed by atoms with Crippen molar-refractivity contribution in [2.75, 3.05) is 0 Å². The van der Waals surface area contributed by atoms with Gasteiger partial charge in [-0.05, 0) is 29.7 Å². The van der Waals surface area contributed by atoms with Gasteiger partial charge in [0.15, 0.2) is 0 Å². The van der Waals surface area contributed by atoms with E-state index in [0.29, 0.717) is 5.02 Å². The second-order valence-corrected chi connectivity index (χ2v) is 3.98. The largest absolute Gasteiger partial charge is 0.324 e. The summed E-state index contributed by atoms with van der Waals surface area (Å²) in [6.07, 6.45) is 7.59. The molecule has 0 aliphatic carbocycles. The minimum absolute atomic E-state index is 0.125. The molecule has 1 unspecified atom stereocenters. The molecule has 2 rings (SSSR count). The fourth-order valence-corrected chi connectivity index (χ4v) is 1.83. The Morgan fingerprint density at radius 1 is 1.19 bits per heavy atom. The van der Waals surface area contributed by atoms with Crippen LogP contribution in [0.15, 0.2) is 43.0 Å². The van der Waals surface area contributed by atoms with Crippen molar-refractivity contribution in [3.63, 3.8) is 0 Å². The number of hydrogen-bond donors (Lipinski definition) is 1. The Morgan fingerprint density at radius 3 is 2.69 bits per heavy atom. The van der Waals surface area contributed by atoms with Gasteiger partial charge >= 0.3 is 0 Å². The molecule has 0 aromatic carbocycles. The first-order valence-electron chi connectivity index (χ1n) is 5.01. The Balaban J connectivity index is 2.15. The normalized spacial score (nSPS) is 12.4. The van der Waals surface area contributed by atoms with E-state index >= 15 is 0 Å². The molecule has 82 valence electrons. The van der Waals surface area contributed by atoms with E-state index in [-0.39, 0.29) is 6.04 Å². The average molecular weight is 234 g/mol. The van der Waals surface area contributed by atoms with Crippen LogP contribution in [0.1, 0.15) is 17.2 Å². The van der Waals surface area contributed by atoms with Crippen molar-refractivity contribution >= 4 is 11.6 Å². The van der Waals surface area contributed by atoms with Gasteiger partial charge in [-0.25, -0.2) is 0 Å². The molecule has 1 atom stereocenters. The summed E-state index contributed by atoms with van der Waals surface area (Å²) in [4.78, 5) is 7.99. The van der Waals surface area contributed by atoms with Crippen LogP contribution in [0.5, 0.6) is 0 Å². The number of pyridine rings is 2. The summed E-state index contributed by atoms with van der Waals surface area (Å²) in [7, 11) is 0. The van der Waals surface area contributed by atoms with E-state index < -0.39 is 0 Å². The molecule has 2 heterocycles. The van der Waals surface area contributed by atoms with E-state index in [1.54, 1.807) is 18.6 Å². The summed E-state index contributed by atoms with van der Waals surface area (Å²) in [5.41, 5.74) is 8.10. The highest BCUT2D eigenvalue weighted by molar-refractivity contribution is 6.31. The van der Waals surface area contributed by atoms with Crippen LogP contribution in [-0.2, 0) is 6.42 Å². The van der Waals surface area contributed by atoms with Crippen molar-refractivity contribution < 1.29 is 0 Å². The van der Waals surface area contributed by atoms with Crippen molar-refractivity contribution in [3.05, 3.63) is 59.1 Å². The third kappa shape index (κ3) is 2.56. The van der Waals surface area contributed by atoms with Crippen LogP contribution in [0.2, 0.25) is 5.02 Å². The van der Waals surface area contributed by atoms with Crippen LogP contribution in [-0.4, -0.2) is 9.97 Å². The van der Waals surface area contributed by atoms with Gasteiger partial charge in [0, 0.05) is 30.8 Å². The van der Waals surface area contributed by atoms with Crippen molar-refractivity contribution in [2.45, 2.75) is 12.5 Å². The molecule has 0 fully saturated rings. The molecular formula is C12H12ClN3. The van der Waals surface area contributed by atoms with Crippen LogP contribution < -0.4 is 5.73 Å². The molecule has 0 bridgehead atoms. The number of halogens is 1. The van der Waals surface area contributed by atoms with E-state index in [2.05, 4.69) is 9.97 Å². The molecule has 0 aliphatic rings. The Bertz CT molecular complexity index is 459. The molecule has 0 radical (unpaired) electrons. The molecule has 0 saturated carbocycles. The van der Waals surface area contributed by atoms with Crippen molar-refractivity contribution in [1.29, 1.82) is 0 Å². The maximum Gasteiger partial charge on any atom is 0.0637 e. The Kier molecular flexibility index (Phi) is 3.49. The zero-order valence-corrected chi connectivity index (χ0v) is 9.43. The van der Waals surface area contributed by atoms with Gasteiger partial charge in [-0.1, -0.05) is 17.7 Å². The summed E-state index contributed by atoms with van der Waals surface area (Å²) >= 11 is 6.03. The summed E-state index contributed by atoms with van der Waals surface area (Å²) in [6, 6.07) is 5.63. The summed E-state index contributed by atoms with van der Waals surface area (Å²) in [5.74, 6) is 0. The first-order valence-corrected chi connectivity index (χ1v) is 5.39. The Hall–Kier alpha value is -1.45. The molecule has 2 aromatic rings. The smallest absolute Gasteiger partial charge is 0.0637 e. The zero-order valence-electron chi connectivity index (χ0n) is 8.68. The Labute approximate surface area is 99.3 Å². The third-order valence-corrected chi connectivity index (χ3v) is 2.70. The van der Waals surface area contributed by atoms with Crippen molar-refractivity contribution in [3.8, 4) is 0 Å². The molecule has 0 saturated heterocycles. The standard InChI is InChI=1S/C12H12ClN3/c13-11-8-16-5-3-10(11)12(14)6-9-2-1-4-15-7-9/h1-5,7-8,12H,6,14H2. The van der Waals surface area contributed by atoms with E-state index in [9.17, 15) is 0 Å². The maximum absolute atomic E-state index is 6.09. The molecule has 0 spiro atoms. The van der Waals surface area contributed by atoms with Crippen LogP contribution in [0, 0.1) is 0 Å². The van der Waals surface area contributed by atoms with Crippen LogP contribution >= 0.6 is 11.6 Å². The van der Waals surface area contributed by atoms with Gasteiger partial charge in [0.2, 0.25) is 0 Å². The van der Waals surface area contributed by atoms with Gasteiger partial charge in [-0.2, -0.15) is 0 Å². The van der Waals surface area contributed by atoms with Gasteiger partial charge < -0.3 is 5.73 Å². The van der Waals surface area contributed by atoms with E-state index in [1.807, 2.05) is 24.4 Å². The van der Waals surface area contributed by atoms with Gasteiger partial charge in [0.25, 0.3) is 0 Å². The van der Waals surface area contributed by atoms with Gasteiger partial charge in [-0.3, -0.25) is 9.97 Å². The second kappa shape index (κ2) is 5.05. The summed E-state index contributed by atoms with van der Waals surface area (Å²) < 4.78 is 0. The SMILES string of the molecule is NC(Cc1cccnc1)c1ccncc1Cl. The van der Waals surface area contributed by atoms with E-state index in [4.69, 9.17) is 17.3 Å². The molecule has 4 heteroatoms. The zero-order chi connectivity index (χ0) is 11.4. The van der Waals surface area contributed by atoms with Gasteiger partial charge in [-0.15, -0.1) is 0 Å². The predicted molar refractivity (Wildman–Crippen MR) is 64.1 cm³/mol. The maximum atomic E-state index is 6.09. The number of nitrogens with zero attached hydrogens (tertiary/aromatic N) is 2. The lowest BCUT2D eigenvalue weighted by Crippen LogP contribution is -2.14. The topological polar surface area (TPSA) is 51.8 Å². The summed E-state index contributed by atoms with van der Waals surface area (Å²) in [5, 5.41) is 0.610. The van der Waals surface area contributed by atoms with E-state index in [0.717, 1.165) is 17.5 Å². The predicted octanol–water partition coefficient (Wildman–Crippen LogP) is 2.37. The lowest BCUT2D eigenvalue weighted by molar-refractivity contribution is 0.718. The first-order chi connectivity index (χ1) is 7.77. The number of nitrogens with two attached hydrogens (primary N) is 1. The Morgan fingerprint density at radius 2 is 2.00 bits per heavy atom. The minimum atomic E-state index is -0.125. The first kappa shape index (κ1) is 11.0. The number of hydrogen-bond acceptors (Lipinski definition) is 3. The monoisotopic (exact) mass is 233 g/mol. The average Bonchev–Trinajstić information content (AvgIpc) is 2.31. The van der Waals surface area contributed by atoms with Crippen LogP contribution in [0.25, 0.3) is 0 Å². The molecule has 0 amide bonds. The lowest BCUT2D eigenvalue weighted by atomic mass is 10.0. The van der Waals surface area contributed by atoms with Crippen LogP contribution in [0.4, 0.5) is 0 Å². The lowest BCUT2D eigenvalue weighted by Gasteiger charge is -2.12. The fraction of sp³-hybridized carbons (Fsp3) is 0.167. The highest BCUT2D eigenvalue weighted by Gasteiger charge is 2.10. The highest BCUT2D eigenvalue weighted by atomic mass is 35.5. The second-order valence-electron chi connectivity index (χ2n) is 3.57. The fourth-order valence-electron chi connectivity index (χ4n) is 1.57. The van der Waals surface area contributed by atoms with Crippen LogP contribution in [0.3, 0.4) is 0 Å². The van der Waals surface area contributed by atoms with Crippen molar-refractivity contribution in [1.82, 2.24) is 9.97 Å². The number of rotatable bonds is 3. The van der Waals surface area contributed by atoms with Crippen molar-refractivity contribution in [2.24, 2.45) is 5.73 Å². The molecule has 3 nitrogen and oxygen atoms in total. The molecule has 0 aliphatic heterocycles. The highest BCUT2D eigenvalue weighted by Crippen LogP contribution is 2.22. The molecular weight excluding hydrogens is 222 g/mol. The number of aromatic nitrogens is 2. The molecule has 16 heavy (non-hydrogen) atoms. The third-order valence-electron chi connectivity index (χ3n) is 2.38. The molecule has 2 N–H and O–H groups in total.